The first-order valence-electron chi connectivity index (χ1n) is 12.2. The van der Waals surface area contributed by atoms with Crippen molar-refractivity contribution in [3.05, 3.63) is 23.3 Å². The number of carbonyl (C=O) groups is 4. The molecule has 33 heavy (non-hydrogen) atoms. The third-order valence-corrected chi connectivity index (χ3v) is 9.69. The maximum absolute atomic E-state index is 13.4. The molecule has 4 rings (SSSR count). The average molecular weight is 457 g/mol. The van der Waals surface area contributed by atoms with Crippen molar-refractivity contribution in [2.75, 3.05) is 0 Å². The Morgan fingerprint density at radius 3 is 2.39 bits per heavy atom. The summed E-state index contributed by atoms with van der Waals surface area (Å²) in [6.07, 6.45) is 6.12. The Bertz CT molecular complexity index is 916. The molecule has 0 spiro atoms. The summed E-state index contributed by atoms with van der Waals surface area (Å²) in [7, 11) is 0. The lowest BCUT2D eigenvalue weighted by molar-refractivity contribution is -0.166. The molecule has 0 heterocycles. The van der Waals surface area contributed by atoms with E-state index in [0.29, 0.717) is 25.3 Å². The smallest absolute Gasteiger partial charge is 0.293 e. The standard InChI is InChI=1S/C27H36O6/c1-15(2)24(32-13-28)25(33-14-29)20-12-22(31)26(4)9-8-21-19(23(20)26)7-6-17-11-18(30)10-16(3)27(17,21)5/h10-11,13-15,19-21,23-25H,6-9,12H2,1-5H3/t19-,20?,21-,23-,24?,25?,26-,27+/m1/s1. The minimum Gasteiger partial charge on any atom is -0.460 e. The van der Waals surface area contributed by atoms with Gasteiger partial charge in [-0.05, 0) is 68.4 Å². The molecule has 0 amide bonds. The first kappa shape index (κ1) is 23.9. The summed E-state index contributed by atoms with van der Waals surface area (Å²) in [6.45, 7) is 11.1. The van der Waals surface area contributed by atoms with Crippen LogP contribution in [0.1, 0.15) is 66.7 Å². The van der Waals surface area contributed by atoms with Crippen LogP contribution in [0.25, 0.3) is 0 Å². The van der Waals surface area contributed by atoms with Gasteiger partial charge < -0.3 is 9.47 Å². The Balaban J connectivity index is 1.76. The molecule has 3 unspecified atom stereocenters. The van der Waals surface area contributed by atoms with Gasteiger partial charge in [-0.2, -0.15) is 0 Å². The van der Waals surface area contributed by atoms with E-state index in [1.54, 1.807) is 6.08 Å². The van der Waals surface area contributed by atoms with Crippen LogP contribution < -0.4 is 0 Å². The second-order valence-corrected chi connectivity index (χ2v) is 11.3. The van der Waals surface area contributed by atoms with Gasteiger partial charge in [0, 0.05) is 23.2 Å². The second-order valence-electron chi connectivity index (χ2n) is 11.3. The SMILES string of the molecule is CC1=CC(=O)C=C2CC[C@@H]3[C@@H](CC[C@]4(C)C(=O)CC(C(OC=O)C(OC=O)C(C)C)[C@@H]34)[C@@]12C. The van der Waals surface area contributed by atoms with E-state index in [9.17, 15) is 19.2 Å². The van der Waals surface area contributed by atoms with Gasteiger partial charge in [-0.1, -0.05) is 38.8 Å². The fraction of sp³-hybridized carbons (Fsp3) is 0.704. The quantitative estimate of drug-likeness (QED) is 0.533. The highest BCUT2D eigenvalue weighted by molar-refractivity contribution is 6.02. The highest BCUT2D eigenvalue weighted by Gasteiger charge is 2.64. The zero-order valence-corrected chi connectivity index (χ0v) is 20.3. The molecule has 4 aliphatic rings. The molecule has 4 aliphatic carbocycles. The maximum atomic E-state index is 13.4. The highest BCUT2D eigenvalue weighted by atomic mass is 16.6. The largest absolute Gasteiger partial charge is 0.460 e. The lowest BCUT2D eigenvalue weighted by Crippen LogP contribution is -2.54. The van der Waals surface area contributed by atoms with Gasteiger partial charge in [0.05, 0.1) is 0 Å². The monoisotopic (exact) mass is 456 g/mol. The first-order chi connectivity index (χ1) is 15.6. The van der Waals surface area contributed by atoms with E-state index in [4.69, 9.17) is 9.47 Å². The van der Waals surface area contributed by atoms with E-state index < -0.39 is 17.6 Å². The molecule has 0 aliphatic heterocycles. The van der Waals surface area contributed by atoms with E-state index in [1.165, 1.54) is 5.57 Å². The number of hydrogen-bond donors (Lipinski definition) is 0. The van der Waals surface area contributed by atoms with Crippen LogP contribution in [0, 0.1) is 40.4 Å². The van der Waals surface area contributed by atoms with Gasteiger partial charge in [0.1, 0.15) is 18.0 Å². The number of Topliss-reactive ketones (excluding diaryl/α,β-unsaturated/α-hetero) is 1. The zero-order valence-electron chi connectivity index (χ0n) is 20.3. The molecule has 8 atom stereocenters. The summed E-state index contributed by atoms with van der Waals surface area (Å²) >= 11 is 0. The Morgan fingerprint density at radius 1 is 1.06 bits per heavy atom. The lowest BCUT2D eigenvalue weighted by atomic mass is 9.46. The number of carbonyl (C=O) groups excluding carboxylic acids is 4. The summed E-state index contributed by atoms with van der Waals surface area (Å²) in [5, 5.41) is 0. The number of ether oxygens (including phenoxy) is 2. The van der Waals surface area contributed by atoms with Gasteiger partial charge in [-0.3, -0.25) is 19.2 Å². The molecule has 6 heteroatoms. The second kappa shape index (κ2) is 8.52. The molecule has 0 aromatic rings. The molecule has 0 saturated heterocycles. The molecule has 3 fully saturated rings. The molecule has 180 valence electrons. The molecule has 0 bridgehead atoms. The van der Waals surface area contributed by atoms with Gasteiger partial charge in [-0.15, -0.1) is 0 Å². The van der Waals surface area contributed by atoms with Crippen LogP contribution in [0.3, 0.4) is 0 Å². The van der Waals surface area contributed by atoms with Gasteiger partial charge >= 0.3 is 0 Å². The molecule has 3 saturated carbocycles. The molecule has 0 aromatic heterocycles. The first-order valence-corrected chi connectivity index (χ1v) is 12.2. The molecule has 0 aromatic carbocycles. The molecular formula is C27H36O6. The van der Waals surface area contributed by atoms with Crippen LogP contribution in [-0.4, -0.2) is 36.7 Å². The van der Waals surface area contributed by atoms with Crippen LogP contribution in [-0.2, 0) is 28.7 Å². The summed E-state index contributed by atoms with van der Waals surface area (Å²) < 4.78 is 11.0. The average Bonchev–Trinajstić information content (AvgIpc) is 3.02. The molecule has 0 N–H and O–H groups in total. The zero-order chi connectivity index (χ0) is 24.1. The van der Waals surface area contributed by atoms with Gasteiger partial charge in [0.2, 0.25) is 0 Å². The Hall–Kier alpha value is -2.24. The van der Waals surface area contributed by atoms with Crippen molar-refractivity contribution in [1.29, 1.82) is 0 Å². The van der Waals surface area contributed by atoms with Crippen molar-refractivity contribution in [1.82, 2.24) is 0 Å². The third kappa shape index (κ3) is 3.52. The van der Waals surface area contributed by atoms with E-state index in [0.717, 1.165) is 31.3 Å². The summed E-state index contributed by atoms with van der Waals surface area (Å²) in [4.78, 5) is 48.4. The number of hydrogen-bond acceptors (Lipinski definition) is 6. The predicted octanol–water partition coefficient (Wildman–Crippen LogP) is 4.22. The summed E-state index contributed by atoms with van der Waals surface area (Å²) in [5.41, 5.74) is 1.66. The Kier molecular flexibility index (Phi) is 6.17. The minimum atomic E-state index is -0.656. The number of fused-ring (bicyclic) bond motifs is 5. The Labute approximate surface area is 196 Å². The van der Waals surface area contributed by atoms with Crippen molar-refractivity contribution in [3.63, 3.8) is 0 Å². The van der Waals surface area contributed by atoms with Crippen molar-refractivity contribution < 1.29 is 28.7 Å². The Morgan fingerprint density at radius 2 is 1.76 bits per heavy atom. The number of rotatable bonds is 7. The highest BCUT2D eigenvalue weighted by Crippen LogP contribution is 2.66. The van der Waals surface area contributed by atoms with Crippen LogP contribution >= 0.6 is 0 Å². The van der Waals surface area contributed by atoms with Crippen molar-refractivity contribution in [2.45, 2.75) is 78.9 Å². The third-order valence-electron chi connectivity index (χ3n) is 9.69. The van der Waals surface area contributed by atoms with Crippen molar-refractivity contribution in [3.8, 4) is 0 Å². The molecule has 0 radical (unpaired) electrons. The van der Waals surface area contributed by atoms with Crippen LogP contribution in [0.15, 0.2) is 23.3 Å². The van der Waals surface area contributed by atoms with Gasteiger partial charge in [0.15, 0.2) is 5.78 Å². The number of ketones is 2. The number of allylic oxidation sites excluding steroid dienone is 4. The van der Waals surface area contributed by atoms with Gasteiger partial charge in [0.25, 0.3) is 12.9 Å². The van der Waals surface area contributed by atoms with Crippen molar-refractivity contribution >= 4 is 24.5 Å². The van der Waals surface area contributed by atoms with E-state index >= 15 is 0 Å². The molecule has 6 nitrogen and oxygen atoms in total. The summed E-state index contributed by atoms with van der Waals surface area (Å²) in [6, 6.07) is 0. The molecular weight excluding hydrogens is 420 g/mol. The summed E-state index contributed by atoms with van der Waals surface area (Å²) in [5.74, 6) is 0.648. The van der Waals surface area contributed by atoms with E-state index in [-0.39, 0.29) is 40.7 Å². The van der Waals surface area contributed by atoms with Crippen LogP contribution in [0.4, 0.5) is 0 Å². The van der Waals surface area contributed by atoms with Crippen LogP contribution in [0.2, 0.25) is 0 Å². The van der Waals surface area contributed by atoms with Crippen molar-refractivity contribution in [2.24, 2.45) is 40.4 Å². The topological polar surface area (TPSA) is 86.7 Å². The van der Waals surface area contributed by atoms with Crippen LogP contribution in [0.5, 0.6) is 0 Å². The lowest BCUT2D eigenvalue weighted by Gasteiger charge is -2.58. The normalized spacial score (nSPS) is 39.5. The van der Waals surface area contributed by atoms with E-state index in [2.05, 4.69) is 20.8 Å². The predicted molar refractivity (Wildman–Crippen MR) is 122 cm³/mol. The van der Waals surface area contributed by atoms with Gasteiger partial charge in [-0.25, -0.2) is 0 Å². The van der Waals surface area contributed by atoms with E-state index in [1.807, 2.05) is 19.9 Å². The fourth-order valence-corrected chi connectivity index (χ4v) is 8.00. The maximum Gasteiger partial charge on any atom is 0.293 e. The fourth-order valence-electron chi connectivity index (χ4n) is 8.00. The minimum absolute atomic E-state index is 0.0361.